The summed E-state index contributed by atoms with van der Waals surface area (Å²) < 4.78 is 0. The third-order valence-corrected chi connectivity index (χ3v) is 2.93. The normalized spacial score (nSPS) is 14.6. The van der Waals surface area contributed by atoms with Gasteiger partial charge in [0.1, 0.15) is 0 Å². The van der Waals surface area contributed by atoms with Crippen LogP contribution >= 0.6 is 7.94 Å². The number of rotatable bonds is 5. The van der Waals surface area contributed by atoms with Crippen molar-refractivity contribution in [2.45, 2.75) is 39.8 Å². The SMILES string of the molecule is CC(C)N(CC[PH](O)(O)O)C(C)C. The first kappa shape index (κ1) is 13.3. The molecule has 0 amide bonds. The summed E-state index contributed by atoms with van der Waals surface area (Å²) >= 11 is 0. The van der Waals surface area contributed by atoms with Crippen LogP contribution in [0, 0.1) is 0 Å². The Morgan fingerprint density at radius 3 is 1.62 bits per heavy atom. The molecule has 0 aliphatic heterocycles. The zero-order valence-corrected chi connectivity index (χ0v) is 9.86. The average molecular weight is 211 g/mol. The van der Waals surface area contributed by atoms with Gasteiger partial charge in [0, 0.05) is 0 Å². The fourth-order valence-corrected chi connectivity index (χ4v) is 1.95. The summed E-state index contributed by atoms with van der Waals surface area (Å²) in [7, 11) is -3.85. The zero-order chi connectivity index (χ0) is 10.6. The molecule has 0 atom stereocenters. The summed E-state index contributed by atoms with van der Waals surface area (Å²) in [5, 5.41) is 0. The predicted molar refractivity (Wildman–Crippen MR) is 56.8 cm³/mol. The molecular formula is C8H22NO3P. The van der Waals surface area contributed by atoms with Crippen LogP contribution in [0.2, 0.25) is 0 Å². The van der Waals surface area contributed by atoms with E-state index in [2.05, 4.69) is 32.6 Å². The molecule has 0 aliphatic rings. The molecule has 0 aromatic rings. The summed E-state index contributed by atoms with van der Waals surface area (Å²) in [6.45, 7) is 8.74. The van der Waals surface area contributed by atoms with Gasteiger partial charge in [-0.05, 0) is 0 Å². The summed E-state index contributed by atoms with van der Waals surface area (Å²) in [4.78, 5) is 28.7. The van der Waals surface area contributed by atoms with Crippen LogP contribution in [0.1, 0.15) is 27.7 Å². The van der Waals surface area contributed by atoms with Crippen LogP contribution in [-0.2, 0) is 0 Å². The van der Waals surface area contributed by atoms with Gasteiger partial charge in [0.05, 0.1) is 0 Å². The van der Waals surface area contributed by atoms with Crippen molar-refractivity contribution < 1.29 is 14.7 Å². The second-order valence-electron chi connectivity index (χ2n) is 3.95. The van der Waals surface area contributed by atoms with Gasteiger partial charge in [-0.25, -0.2) is 0 Å². The Morgan fingerprint density at radius 2 is 1.38 bits per heavy atom. The molecule has 0 aliphatic carbocycles. The van der Waals surface area contributed by atoms with Gasteiger partial charge < -0.3 is 0 Å². The second-order valence-corrected chi connectivity index (χ2v) is 6.00. The Labute approximate surface area is 80.8 Å². The summed E-state index contributed by atoms with van der Waals surface area (Å²) in [5.74, 6) is 0. The molecule has 0 radical (unpaired) electrons. The maximum absolute atomic E-state index is 8.85. The standard InChI is InChI=1S/C8H22NO3P/c1-7(2)9(8(3)4)5-6-13(10,11)12/h7-8,10-13H,5-6H2,1-4H3. The third kappa shape index (κ3) is 6.36. The van der Waals surface area contributed by atoms with Crippen molar-refractivity contribution in [1.29, 1.82) is 0 Å². The van der Waals surface area contributed by atoms with Crippen molar-refractivity contribution in [3.8, 4) is 0 Å². The third-order valence-electron chi connectivity index (χ3n) is 2.03. The van der Waals surface area contributed by atoms with Crippen LogP contribution in [0.15, 0.2) is 0 Å². The zero-order valence-electron chi connectivity index (χ0n) is 8.86. The van der Waals surface area contributed by atoms with E-state index >= 15 is 0 Å². The number of hydrogen-bond donors (Lipinski definition) is 3. The molecule has 4 nitrogen and oxygen atoms in total. The van der Waals surface area contributed by atoms with Gasteiger partial charge in [-0.15, -0.1) is 0 Å². The van der Waals surface area contributed by atoms with Gasteiger partial charge >= 0.3 is 80.0 Å². The topological polar surface area (TPSA) is 63.9 Å². The van der Waals surface area contributed by atoms with E-state index < -0.39 is 7.94 Å². The summed E-state index contributed by atoms with van der Waals surface area (Å²) in [6, 6.07) is 0.715. The van der Waals surface area contributed by atoms with E-state index in [0.29, 0.717) is 18.6 Å². The Bertz CT molecular complexity index is 137. The van der Waals surface area contributed by atoms with Gasteiger partial charge in [-0.3, -0.25) is 0 Å². The van der Waals surface area contributed by atoms with Crippen molar-refractivity contribution in [2.24, 2.45) is 0 Å². The molecule has 0 fully saturated rings. The van der Waals surface area contributed by atoms with Crippen LogP contribution in [0.3, 0.4) is 0 Å². The van der Waals surface area contributed by atoms with Crippen molar-refractivity contribution in [1.82, 2.24) is 4.90 Å². The van der Waals surface area contributed by atoms with Crippen molar-refractivity contribution in [3.05, 3.63) is 0 Å². The molecule has 0 rings (SSSR count). The van der Waals surface area contributed by atoms with E-state index in [-0.39, 0.29) is 6.16 Å². The van der Waals surface area contributed by atoms with Crippen LogP contribution in [0.5, 0.6) is 0 Å². The monoisotopic (exact) mass is 211 g/mol. The number of nitrogens with zero attached hydrogens (tertiary/aromatic N) is 1. The van der Waals surface area contributed by atoms with Gasteiger partial charge in [0.25, 0.3) is 0 Å². The Kier molecular flexibility index (Phi) is 5.33. The molecule has 0 saturated heterocycles. The quantitative estimate of drug-likeness (QED) is 0.582. The van der Waals surface area contributed by atoms with Crippen molar-refractivity contribution in [3.63, 3.8) is 0 Å². The van der Waals surface area contributed by atoms with E-state index in [1.54, 1.807) is 0 Å². The molecule has 0 heterocycles. The molecule has 5 heteroatoms. The number of hydrogen-bond acceptors (Lipinski definition) is 4. The maximum atomic E-state index is 8.85. The minimum atomic E-state index is -3.85. The molecule has 0 bridgehead atoms. The first-order valence-corrected chi connectivity index (χ1v) is 6.72. The van der Waals surface area contributed by atoms with Gasteiger partial charge in [0.15, 0.2) is 0 Å². The molecule has 3 N–H and O–H groups in total. The first-order valence-electron chi connectivity index (χ1n) is 4.67. The second kappa shape index (κ2) is 5.23. The van der Waals surface area contributed by atoms with Crippen LogP contribution < -0.4 is 0 Å². The van der Waals surface area contributed by atoms with E-state index in [1.807, 2.05) is 0 Å². The predicted octanol–water partition coefficient (Wildman–Crippen LogP) is 0.577. The summed E-state index contributed by atoms with van der Waals surface area (Å²) in [5.41, 5.74) is 0. The molecule has 0 unspecified atom stereocenters. The molecular weight excluding hydrogens is 189 g/mol. The van der Waals surface area contributed by atoms with Gasteiger partial charge in [-0.2, -0.15) is 0 Å². The molecule has 0 spiro atoms. The molecule has 0 aromatic carbocycles. The fourth-order valence-electron chi connectivity index (χ4n) is 1.39. The van der Waals surface area contributed by atoms with Crippen molar-refractivity contribution >= 4 is 7.94 Å². The van der Waals surface area contributed by atoms with Crippen molar-refractivity contribution in [2.75, 3.05) is 12.7 Å². The van der Waals surface area contributed by atoms with E-state index in [0.717, 1.165) is 0 Å². The molecule has 13 heavy (non-hydrogen) atoms. The van der Waals surface area contributed by atoms with Crippen LogP contribution in [0.4, 0.5) is 0 Å². The van der Waals surface area contributed by atoms with E-state index in [9.17, 15) is 0 Å². The molecule has 82 valence electrons. The van der Waals surface area contributed by atoms with Crippen LogP contribution in [-0.4, -0.2) is 44.4 Å². The Balaban J connectivity index is 3.98. The summed E-state index contributed by atoms with van der Waals surface area (Å²) in [6.07, 6.45) is 0.0867. The van der Waals surface area contributed by atoms with Gasteiger partial charge in [0.2, 0.25) is 0 Å². The molecule has 0 saturated carbocycles. The van der Waals surface area contributed by atoms with E-state index in [1.165, 1.54) is 0 Å². The Hall–Kier alpha value is 0.270. The first-order chi connectivity index (χ1) is 5.74. The average Bonchev–Trinajstić information content (AvgIpc) is 1.82. The minimum absolute atomic E-state index is 0.0867. The Morgan fingerprint density at radius 1 is 1.00 bits per heavy atom. The molecule has 0 aromatic heterocycles. The van der Waals surface area contributed by atoms with E-state index in [4.69, 9.17) is 14.7 Å². The van der Waals surface area contributed by atoms with Crippen LogP contribution in [0.25, 0.3) is 0 Å². The van der Waals surface area contributed by atoms with Gasteiger partial charge in [-0.1, -0.05) is 0 Å². The fraction of sp³-hybridized carbons (Fsp3) is 1.00.